The number of imidazole rings is 1. The van der Waals surface area contributed by atoms with Crippen LogP contribution in [0.2, 0.25) is 15.1 Å². The van der Waals surface area contributed by atoms with Crippen LogP contribution in [-0.4, -0.2) is 53.4 Å². The molecule has 1 N–H and O–H groups in total. The lowest BCUT2D eigenvalue weighted by Crippen LogP contribution is -2.41. The second-order valence-electron chi connectivity index (χ2n) is 9.25. The third kappa shape index (κ3) is 5.30. The highest BCUT2D eigenvalue weighted by Crippen LogP contribution is 2.32. The fourth-order valence-electron chi connectivity index (χ4n) is 4.60. The van der Waals surface area contributed by atoms with Gasteiger partial charge in [-0.1, -0.05) is 53.0 Å². The molecule has 0 saturated carbocycles. The van der Waals surface area contributed by atoms with E-state index in [1.807, 2.05) is 0 Å². The standard InChI is InChI=1S/C28H25Cl3N4O5/c1-16(32-26(36)24-19(30)14-17(15-20(24)31)34-10-12-39-13-11-34)27(37)40-23-9-4-3-7-21(23)35-25-18(29)6-5-8-22(25)33(2)28(35)38/h3-9,14-16H,10-13H2,1-2H3,(H,32,36)/t16-/m0/s1. The highest BCUT2D eigenvalue weighted by molar-refractivity contribution is 6.40. The number of para-hydroxylation sites is 3. The number of hydrogen-bond donors (Lipinski definition) is 1. The minimum atomic E-state index is -1.07. The zero-order chi connectivity index (χ0) is 28.6. The van der Waals surface area contributed by atoms with Gasteiger partial charge in [-0.25, -0.2) is 9.59 Å². The zero-order valence-corrected chi connectivity index (χ0v) is 23.9. The third-order valence-electron chi connectivity index (χ3n) is 6.68. The Kier molecular flexibility index (Phi) is 8.09. The molecule has 1 amide bonds. The minimum absolute atomic E-state index is 0.0531. The fraction of sp³-hybridized carbons (Fsp3) is 0.250. The number of aryl methyl sites for hydroxylation is 1. The minimum Gasteiger partial charge on any atom is -0.423 e. The first-order valence-corrected chi connectivity index (χ1v) is 13.6. The smallest absolute Gasteiger partial charge is 0.333 e. The van der Waals surface area contributed by atoms with Crippen molar-refractivity contribution in [2.45, 2.75) is 13.0 Å². The SMILES string of the molecule is C[C@H](NC(=O)c1c(Cl)cc(N2CCOCC2)cc1Cl)C(=O)Oc1ccccc1-n1c(=O)n(C)c2cccc(Cl)c21. The third-order valence-corrected chi connectivity index (χ3v) is 7.58. The van der Waals surface area contributed by atoms with Gasteiger partial charge in [-0.05, 0) is 43.3 Å². The molecule has 3 aromatic carbocycles. The van der Waals surface area contributed by atoms with E-state index in [9.17, 15) is 14.4 Å². The summed E-state index contributed by atoms with van der Waals surface area (Å²) in [6, 6.07) is 14.0. The van der Waals surface area contributed by atoms with Gasteiger partial charge in [-0.2, -0.15) is 0 Å². The Balaban J connectivity index is 1.37. The monoisotopic (exact) mass is 602 g/mol. The molecule has 1 aliphatic heterocycles. The molecule has 0 radical (unpaired) electrons. The largest absolute Gasteiger partial charge is 0.423 e. The second kappa shape index (κ2) is 11.5. The van der Waals surface area contributed by atoms with Gasteiger partial charge in [-0.15, -0.1) is 0 Å². The number of esters is 1. The number of benzene rings is 3. The van der Waals surface area contributed by atoms with E-state index in [2.05, 4.69) is 10.2 Å². The van der Waals surface area contributed by atoms with E-state index in [4.69, 9.17) is 44.3 Å². The van der Waals surface area contributed by atoms with Gasteiger partial charge in [0.25, 0.3) is 5.91 Å². The fourth-order valence-corrected chi connectivity index (χ4v) is 5.50. The number of halogens is 3. The van der Waals surface area contributed by atoms with Crippen LogP contribution < -0.4 is 20.6 Å². The molecular formula is C28H25Cl3N4O5. The van der Waals surface area contributed by atoms with Gasteiger partial charge in [-0.3, -0.25) is 13.9 Å². The Morgan fingerprint density at radius 2 is 1.65 bits per heavy atom. The van der Waals surface area contributed by atoms with E-state index in [1.54, 1.807) is 61.6 Å². The van der Waals surface area contributed by atoms with Crippen molar-refractivity contribution in [3.8, 4) is 11.4 Å². The number of amides is 1. The number of nitrogens with one attached hydrogen (secondary N) is 1. The van der Waals surface area contributed by atoms with Gasteiger partial charge in [0.2, 0.25) is 0 Å². The molecule has 1 saturated heterocycles. The van der Waals surface area contributed by atoms with Crippen LogP contribution in [0.5, 0.6) is 5.75 Å². The van der Waals surface area contributed by atoms with Crippen LogP contribution in [0.15, 0.2) is 59.4 Å². The van der Waals surface area contributed by atoms with Gasteiger partial charge in [0.1, 0.15) is 6.04 Å². The van der Waals surface area contributed by atoms with Crippen LogP contribution in [0.4, 0.5) is 5.69 Å². The Labute approximate surface area is 244 Å². The molecule has 12 heteroatoms. The van der Waals surface area contributed by atoms with Crippen molar-refractivity contribution in [1.29, 1.82) is 0 Å². The van der Waals surface area contributed by atoms with E-state index in [1.165, 1.54) is 16.1 Å². The lowest BCUT2D eigenvalue weighted by atomic mass is 10.1. The highest BCUT2D eigenvalue weighted by Gasteiger charge is 2.25. The van der Waals surface area contributed by atoms with E-state index in [0.29, 0.717) is 48.0 Å². The molecule has 1 fully saturated rings. The summed E-state index contributed by atoms with van der Waals surface area (Å²) >= 11 is 19.3. The van der Waals surface area contributed by atoms with Gasteiger partial charge in [0.15, 0.2) is 5.75 Å². The van der Waals surface area contributed by atoms with E-state index in [-0.39, 0.29) is 27.0 Å². The van der Waals surface area contributed by atoms with Crippen molar-refractivity contribution in [2.75, 3.05) is 31.2 Å². The van der Waals surface area contributed by atoms with Gasteiger partial charge < -0.3 is 19.7 Å². The summed E-state index contributed by atoms with van der Waals surface area (Å²) in [7, 11) is 1.63. The Morgan fingerprint density at radius 1 is 0.975 bits per heavy atom. The Bertz CT molecular complexity index is 1650. The summed E-state index contributed by atoms with van der Waals surface area (Å²) in [5.74, 6) is -1.26. The van der Waals surface area contributed by atoms with Crippen molar-refractivity contribution < 1.29 is 19.1 Å². The van der Waals surface area contributed by atoms with Gasteiger partial charge >= 0.3 is 11.7 Å². The molecule has 1 aromatic heterocycles. The van der Waals surface area contributed by atoms with Crippen LogP contribution in [0.1, 0.15) is 17.3 Å². The molecule has 0 spiro atoms. The number of fused-ring (bicyclic) bond motifs is 1. The van der Waals surface area contributed by atoms with Crippen molar-refractivity contribution in [3.05, 3.63) is 85.7 Å². The van der Waals surface area contributed by atoms with Crippen LogP contribution in [0, 0.1) is 0 Å². The zero-order valence-electron chi connectivity index (χ0n) is 21.6. The molecule has 2 heterocycles. The number of anilines is 1. The summed E-state index contributed by atoms with van der Waals surface area (Å²) < 4.78 is 13.9. The number of morpholine rings is 1. The Hall–Kier alpha value is -3.50. The molecule has 40 heavy (non-hydrogen) atoms. The summed E-state index contributed by atoms with van der Waals surface area (Å²) in [6.45, 7) is 4.01. The van der Waals surface area contributed by atoms with E-state index < -0.39 is 17.9 Å². The predicted molar refractivity (Wildman–Crippen MR) is 156 cm³/mol. The van der Waals surface area contributed by atoms with E-state index in [0.717, 1.165) is 5.69 Å². The van der Waals surface area contributed by atoms with Crippen LogP contribution in [0.3, 0.4) is 0 Å². The number of carbonyl (C=O) groups is 2. The quantitative estimate of drug-likeness (QED) is 0.250. The number of carbonyl (C=O) groups excluding carboxylic acids is 2. The van der Waals surface area contributed by atoms with Crippen molar-refractivity contribution >= 4 is 63.4 Å². The molecular weight excluding hydrogens is 579 g/mol. The van der Waals surface area contributed by atoms with Crippen molar-refractivity contribution in [3.63, 3.8) is 0 Å². The number of hydrogen-bond acceptors (Lipinski definition) is 6. The molecule has 208 valence electrons. The van der Waals surface area contributed by atoms with Gasteiger partial charge in [0, 0.05) is 25.8 Å². The molecule has 9 nitrogen and oxygen atoms in total. The molecule has 4 aromatic rings. The first kappa shape index (κ1) is 28.0. The van der Waals surface area contributed by atoms with Crippen molar-refractivity contribution in [1.82, 2.24) is 14.5 Å². The molecule has 0 unspecified atom stereocenters. The highest BCUT2D eigenvalue weighted by atomic mass is 35.5. The normalized spacial score (nSPS) is 14.3. The molecule has 0 bridgehead atoms. The van der Waals surface area contributed by atoms with Crippen LogP contribution in [0.25, 0.3) is 16.7 Å². The first-order valence-electron chi connectivity index (χ1n) is 12.5. The first-order chi connectivity index (χ1) is 19.2. The maximum Gasteiger partial charge on any atom is 0.333 e. The number of ether oxygens (including phenoxy) is 2. The summed E-state index contributed by atoms with van der Waals surface area (Å²) in [5, 5.41) is 3.28. The maximum atomic E-state index is 13.1. The predicted octanol–water partition coefficient (Wildman–Crippen LogP) is 4.85. The topological polar surface area (TPSA) is 94.8 Å². The second-order valence-corrected chi connectivity index (χ2v) is 10.5. The van der Waals surface area contributed by atoms with E-state index >= 15 is 0 Å². The molecule has 1 aliphatic rings. The lowest BCUT2D eigenvalue weighted by molar-refractivity contribution is -0.136. The number of rotatable bonds is 6. The average Bonchev–Trinajstić information content (AvgIpc) is 3.19. The average molecular weight is 604 g/mol. The number of aromatic nitrogens is 2. The van der Waals surface area contributed by atoms with Crippen LogP contribution >= 0.6 is 34.8 Å². The lowest BCUT2D eigenvalue weighted by Gasteiger charge is -2.29. The van der Waals surface area contributed by atoms with Gasteiger partial charge in [0.05, 0.1) is 50.6 Å². The molecule has 1 atom stereocenters. The summed E-state index contributed by atoms with van der Waals surface area (Å²) in [4.78, 5) is 41.4. The van der Waals surface area contributed by atoms with Crippen molar-refractivity contribution in [2.24, 2.45) is 7.05 Å². The molecule has 0 aliphatic carbocycles. The number of nitrogens with zero attached hydrogens (tertiary/aromatic N) is 3. The molecule has 5 rings (SSSR count). The maximum absolute atomic E-state index is 13.1. The Morgan fingerprint density at radius 3 is 2.35 bits per heavy atom. The summed E-state index contributed by atoms with van der Waals surface area (Å²) in [5.41, 5.74) is 1.89. The van der Waals surface area contributed by atoms with Crippen LogP contribution in [-0.2, 0) is 16.6 Å². The summed E-state index contributed by atoms with van der Waals surface area (Å²) in [6.07, 6.45) is 0.